The smallest absolute Gasteiger partial charge is 0.226 e. The molecule has 0 radical (unpaired) electrons. The van der Waals surface area contributed by atoms with Gasteiger partial charge in [0.1, 0.15) is 5.82 Å². The predicted molar refractivity (Wildman–Crippen MR) is 75.4 cm³/mol. The molecule has 0 aliphatic carbocycles. The second-order valence-corrected chi connectivity index (χ2v) is 4.97. The molecule has 4 nitrogen and oxygen atoms in total. The van der Waals surface area contributed by atoms with Crippen LogP contribution in [0.15, 0.2) is 28.8 Å². The highest BCUT2D eigenvalue weighted by Crippen LogP contribution is 2.15. The molecule has 0 spiro atoms. The van der Waals surface area contributed by atoms with Crippen molar-refractivity contribution >= 4 is 12.4 Å². The summed E-state index contributed by atoms with van der Waals surface area (Å²) in [6.07, 6.45) is 2.48. The van der Waals surface area contributed by atoms with E-state index >= 15 is 0 Å². The minimum Gasteiger partial charge on any atom is -0.339 e. The van der Waals surface area contributed by atoms with E-state index in [9.17, 15) is 4.39 Å². The molecule has 0 amide bonds. The van der Waals surface area contributed by atoms with Crippen LogP contribution in [0, 0.1) is 11.7 Å². The molecule has 1 unspecified atom stereocenters. The Morgan fingerprint density at radius 2 is 2.30 bits per heavy atom. The maximum absolute atomic E-state index is 13.1. The first-order chi connectivity index (χ1) is 9.29. The molecule has 1 aliphatic rings. The molecule has 6 heteroatoms. The summed E-state index contributed by atoms with van der Waals surface area (Å²) < 4.78 is 18.3. The second kappa shape index (κ2) is 6.81. The van der Waals surface area contributed by atoms with Gasteiger partial charge in [-0.25, -0.2) is 4.39 Å². The highest BCUT2D eigenvalue weighted by molar-refractivity contribution is 5.85. The lowest BCUT2D eigenvalue weighted by Gasteiger charge is -2.01. The highest BCUT2D eigenvalue weighted by atomic mass is 35.5. The van der Waals surface area contributed by atoms with Crippen molar-refractivity contribution in [3.8, 4) is 0 Å². The molecule has 108 valence electrons. The largest absolute Gasteiger partial charge is 0.339 e. The maximum atomic E-state index is 13.1. The number of halogens is 2. The fraction of sp³-hybridized carbons (Fsp3) is 0.429. The van der Waals surface area contributed by atoms with Crippen LogP contribution in [0.1, 0.15) is 23.7 Å². The van der Waals surface area contributed by atoms with Crippen molar-refractivity contribution in [1.82, 2.24) is 15.5 Å². The highest BCUT2D eigenvalue weighted by Gasteiger charge is 2.18. The summed E-state index contributed by atoms with van der Waals surface area (Å²) in [6, 6.07) is 6.48. The third kappa shape index (κ3) is 3.77. The average molecular weight is 298 g/mol. The number of nitrogens with one attached hydrogen (secondary N) is 1. The first-order valence-corrected chi connectivity index (χ1v) is 6.56. The summed E-state index contributed by atoms with van der Waals surface area (Å²) in [7, 11) is 0. The van der Waals surface area contributed by atoms with Crippen molar-refractivity contribution in [3.05, 3.63) is 47.4 Å². The zero-order valence-corrected chi connectivity index (χ0v) is 11.8. The summed E-state index contributed by atoms with van der Waals surface area (Å²) in [5.41, 5.74) is 0.856. The third-order valence-corrected chi connectivity index (χ3v) is 3.39. The quantitative estimate of drug-likeness (QED) is 0.941. The Labute approximate surface area is 123 Å². The Morgan fingerprint density at radius 3 is 3.05 bits per heavy atom. The Morgan fingerprint density at radius 1 is 1.40 bits per heavy atom. The lowest BCUT2D eigenvalue weighted by Crippen LogP contribution is -2.10. The van der Waals surface area contributed by atoms with Crippen LogP contribution in [0.4, 0.5) is 4.39 Å². The van der Waals surface area contributed by atoms with Crippen LogP contribution in [0.5, 0.6) is 0 Å². The van der Waals surface area contributed by atoms with Gasteiger partial charge >= 0.3 is 0 Å². The van der Waals surface area contributed by atoms with Gasteiger partial charge in [-0.15, -0.1) is 12.4 Å². The fourth-order valence-corrected chi connectivity index (χ4v) is 2.41. The number of nitrogens with zero attached hydrogens (tertiary/aromatic N) is 2. The molecule has 1 saturated heterocycles. The molecular formula is C14H17ClFN3O. The van der Waals surface area contributed by atoms with Gasteiger partial charge in [-0.05, 0) is 43.1 Å². The summed E-state index contributed by atoms with van der Waals surface area (Å²) in [5.74, 6) is 1.65. The number of benzene rings is 1. The topological polar surface area (TPSA) is 51.0 Å². The molecule has 0 bridgehead atoms. The summed E-state index contributed by atoms with van der Waals surface area (Å²) in [4.78, 5) is 4.37. The Balaban J connectivity index is 0.00000147. The lowest BCUT2D eigenvalue weighted by atomic mass is 10.1. The summed E-state index contributed by atoms with van der Waals surface area (Å²) >= 11 is 0. The minimum atomic E-state index is -0.238. The molecular weight excluding hydrogens is 281 g/mol. The Kier molecular flexibility index (Phi) is 5.09. The van der Waals surface area contributed by atoms with Gasteiger partial charge in [0.15, 0.2) is 5.82 Å². The maximum Gasteiger partial charge on any atom is 0.226 e. The first-order valence-electron chi connectivity index (χ1n) is 6.56. The van der Waals surface area contributed by atoms with Gasteiger partial charge in [0.2, 0.25) is 5.89 Å². The molecule has 1 aliphatic heterocycles. The number of hydrogen-bond donors (Lipinski definition) is 1. The van der Waals surface area contributed by atoms with E-state index in [1.165, 1.54) is 12.1 Å². The van der Waals surface area contributed by atoms with Crippen LogP contribution < -0.4 is 5.32 Å². The van der Waals surface area contributed by atoms with Gasteiger partial charge in [-0.2, -0.15) is 4.98 Å². The van der Waals surface area contributed by atoms with E-state index in [1.807, 2.05) is 6.07 Å². The van der Waals surface area contributed by atoms with Crippen molar-refractivity contribution in [2.45, 2.75) is 19.3 Å². The Bertz CT molecular complexity index is 555. The van der Waals surface area contributed by atoms with Crippen molar-refractivity contribution in [2.75, 3.05) is 13.1 Å². The van der Waals surface area contributed by atoms with Gasteiger partial charge in [-0.1, -0.05) is 17.3 Å². The number of hydrogen-bond acceptors (Lipinski definition) is 4. The number of rotatable bonds is 4. The summed E-state index contributed by atoms with van der Waals surface area (Å²) in [6.45, 7) is 2.08. The van der Waals surface area contributed by atoms with E-state index in [0.29, 0.717) is 24.1 Å². The zero-order chi connectivity index (χ0) is 13.1. The molecule has 1 aromatic carbocycles. The zero-order valence-electron chi connectivity index (χ0n) is 11.0. The predicted octanol–water partition coefficient (Wildman–Crippen LogP) is 2.37. The minimum absolute atomic E-state index is 0. The van der Waals surface area contributed by atoms with Crippen molar-refractivity contribution in [3.63, 3.8) is 0 Å². The molecule has 20 heavy (non-hydrogen) atoms. The molecule has 1 N–H and O–H groups in total. The van der Waals surface area contributed by atoms with Gasteiger partial charge in [-0.3, -0.25) is 0 Å². The second-order valence-electron chi connectivity index (χ2n) is 4.97. The van der Waals surface area contributed by atoms with Crippen LogP contribution in [-0.2, 0) is 12.8 Å². The van der Waals surface area contributed by atoms with Crippen LogP contribution in [-0.4, -0.2) is 23.2 Å². The van der Waals surface area contributed by atoms with Gasteiger partial charge < -0.3 is 9.84 Å². The fourth-order valence-electron chi connectivity index (χ4n) is 2.41. The standard InChI is InChI=1S/C14H16FN3O.ClH/c15-12-3-1-2-10(6-12)7-13-17-14(19-18-13)8-11-4-5-16-9-11;/h1-3,6,11,16H,4-5,7-9H2;1H. The van der Waals surface area contributed by atoms with E-state index in [0.717, 1.165) is 31.5 Å². The molecule has 0 saturated carbocycles. The monoisotopic (exact) mass is 297 g/mol. The first kappa shape index (κ1) is 14.9. The molecule has 3 rings (SSSR count). The summed E-state index contributed by atoms with van der Waals surface area (Å²) in [5, 5.41) is 7.27. The average Bonchev–Trinajstić information content (AvgIpc) is 3.02. The van der Waals surface area contributed by atoms with Crippen molar-refractivity contribution in [1.29, 1.82) is 0 Å². The SMILES string of the molecule is Cl.Fc1cccc(Cc2noc(CC3CCNC3)n2)c1. The van der Waals surface area contributed by atoms with E-state index in [1.54, 1.807) is 6.07 Å². The van der Waals surface area contributed by atoms with Crippen LogP contribution in [0.3, 0.4) is 0 Å². The van der Waals surface area contributed by atoms with Gasteiger partial charge in [0.05, 0.1) is 0 Å². The molecule has 1 atom stereocenters. The number of aromatic nitrogens is 2. The van der Waals surface area contributed by atoms with E-state index in [-0.39, 0.29) is 18.2 Å². The van der Waals surface area contributed by atoms with Gasteiger partial charge in [0, 0.05) is 12.8 Å². The molecule has 2 aromatic rings. The van der Waals surface area contributed by atoms with Crippen molar-refractivity contribution < 1.29 is 8.91 Å². The lowest BCUT2D eigenvalue weighted by molar-refractivity contribution is 0.354. The molecule has 2 heterocycles. The third-order valence-electron chi connectivity index (χ3n) is 3.39. The van der Waals surface area contributed by atoms with E-state index in [4.69, 9.17) is 4.52 Å². The van der Waals surface area contributed by atoms with Crippen molar-refractivity contribution in [2.24, 2.45) is 5.92 Å². The normalized spacial score (nSPS) is 17.9. The van der Waals surface area contributed by atoms with Crippen LogP contribution >= 0.6 is 12.4 Å². The van der Waals surface area contributed by atoms with Crippen LogP contribution in [0.25, 0.3) is 0 Å². The van der Waals surface area contributed by atoms with E-state index in [2.05, 4.69) is 15.5 Å². The Hall–Kier alpha value is -1.46. The van der Waals surface area contributed by atoms with E-state index < -0.39 is 0 Å². The molecule has 1 fully saturated rings. The molecule has 1 aromatic heterocycles. The van der Waals surface area contributed by atoms with Crippen LogP contribution in [0.2, 0.25) is 0 Å². The van der Waals surface area contributed by atoms with Gasteiger partial charge in [0.25, 0.3) is 0 Å².